The summed E-state index contributed by atoms with van der Waals surface area (Å²) in [5, 5.41) is 3.08. The molecule has 0 aliphatic carbocycles. The smallest absolute Gasteiger partial charge is 0.319 e. The molecule has 0 aliphatic rings. The second-order valence-corrected chi connectivity index (χ2v) is 5.76. The number of hydrogen-bond acceptors (Lipinski definition) is 3. The van der Waals surface area contributed by atoms with Crippen LogP contribution in [0.25, 0.3) is 22.5 Å². The number of anilines is 1. The number of aromatic nitrogens is 2. The Bertz CT molecular complexity index is 813. The van der Waals surface area contributed by atoms with E-state index >= 15 is 0 Å². The fourth-order valence-corrected chi connectivity index (χ4v) is 2.38. The summed E-state index contributed by atoms with van der Waals surface area (Å²) in [6, 6.07) is 16.4. The Morgan fingerprint density at radius 2 is 1.46 bits per heavy atom. The first kappa shape index (κ1) is 16.0. The van der Waals surface area contributed by atoms with Crippen molar-refractivity contribution in [3.05, 3.63) is 65.2 Å². The van der Waals surface area contributed by atoms with Crippen LogP contribution < -0.4 is 11.1 Å². The highest BCUT2D eigenvalue weighted by Crippen LogP contribution is 2.26. The molecule has 6 heteroatoms. The number of hydrogen-bond donors (Lipinski definition) is 2. The van der Waals surface area contributed by atoms with Crippen molar-refractivity contribution in [3.63, 3.8) is 0 Å². The molecule has 0 fully saturated rings. The molecule has 0 unspecified atom stereocenters. The van der Waals surface area contributed by atoms with Crippen LogP contribution in [-0.4, -0.2) is 16.0 Å². The van der Waals surface area contributed by atoms with E-state index in [0.717, 1.165) is 16.7 Å². The summed E-state index contributed by atoms with van der Waals surface area (Å²) in [6.45, 7) is 2.02. The number of nitrogens with one attached hydrogen (secondary N) is 1. The lowest BCUT2D eigenvalue weighted by Gasteiger charge is -2.09. The monoisotopic (exact) mass is 338 g/mol. The quantitative estimate of drug-likeness (QED) is 0.748. The Labute approximate surface area is 144 Å². The lowest BCUT2D eigenvalue weighted by Crippen LogP contribution is -2.21. The predicted octanol–water partition coefficient (Wildman–Crippen LogP) is 4.26. The number of carbonyl (C=O) groups is 1. The van der Waals surface area contributed by atoms with Crippen LogP contribution >= 0.6 is 11.6 Å². The normalized spacial score (nSPS) is 10.4. The highest BCUT2D eigenvalue weighted by molar-refractivity contribution is 6.30. The van der Waals surface area contributed by atoms with Gasteiger partial charge in [0.2, 0.25) is 5.95 Å². The van der Waals surface area contributed by atoms with Crippen molar-refractivity contribution in [1.29, 1.82) is 0 Å². The number of halogens is 1. The van der Waals surface area contributed by atoms with Crippen molar-refractivity contribution in [2.75, 3.05) is 5.32 Å². The largest absolute Gasteiger partial charge is 0.351 e. The van der Waals surface area contributed by atoms with Gasteiger partial charge < -0.3 is 5.73 Å². The fourth-order valence-electron chi connectivity index (χ4n) is 2.25. The molecule has 2 amide bonds. The third kappa shape index (κ3) is 3.70. The first-order valence-electron chi connectivity index (χ1n) is 7.30. The van der Waals surface area contributed by atoms with Crippen molar-refractivity contribution in [3.8, 4) is 22.5 Å². The first-order valence-corrected chi connectivity index (χ1v) is 7.67. The Morgan fingerprint density at radius 1 is 0.958 bits per heavy atom. The van der Waals surface area contributed by atoms with Crippen LogP contribution in [0.15, 0.2) is 54.6 Å². The maximum Gasteiger partial charge on any atom is 0.319 e. The number of amides is 2. The summed E-state index contributed by atoms with van der Waals surface area (Å²) in [6.07, 6.45) is 0. The van der Waals surface area contributed by atoms with Crippen molar-refractivity contribution in [1.82, 2.24) is 9.97 Å². The van der Waals surface area contributed by atoms with Gasteiger partial charge in [-0.15, -0.1) is 0 Å². The maximum absolute atomic E-state index is 11.2. The number of urea groups is 1. The van der Waals surface area contributed by atoms with Gasteiger partial charge >= 0.3 is 6.03 Å². The molecule has 0 bridgehead atoms. The SMILES string of the molecule is Cc1ccc(-c2cc(-c3ccc(Cl)cc3)nc(NC(N)=O)n2)cc1. The third-order valence-corrected chi connectivity index (χ3v) is 3.70. The summed E-state index contributed by atoms with van der Waals surface area (Å²) in [7, 11) is 0. The van der Waals surface area contributed by atoms with Gasteiger partial charge in [-0.2, -0.15) is 0 Å². The van der Waals surface area contributed by atoms with Gasteiger partial charge in [0, 0.05) is 16.1 Å². The van der Waals surface area contributed by atoms with Crippen LogP contribution in [0.1, 0.15) is 5.56 Å². The van der Waals surface area contributed by atoms with Gasteiger partial charge in [0.1, 0.15) is 0 Å². The molecule has 24 heavy (non-hydrogen) atoms. The molecule has 5 nitrogen and oxygen atoms in total. The summed E-state index contributed by atoms with van der Waals surface area (Å²) in [5.41, 5.74) is 9.49. The molecule has 0 aliphatic heterocycles. The van der Waals surface area contributed by atoms with E-state index < -0.39 is 6.03 Å². The number of rotatable bonds is 3. The Morgan fingerprint density at radius 3 is 1.96 bits per heavy atom. The van der Waals surface area contributed by atoms with E-state index in [0.29, 0.717) is 16.4 Å². The van der Waals surface area contributed by atoms with Crippen LogP contribution in [0, 0.1) is 6.92 Å². The van der Waals surface area contributed by atoms with E-state index in [9.17, 15) is 4.79 Å². The zero-order valence-electron chi connectivity index (χ0n) is 13.0. The molecule has 0 atom stereocenters. The van der Waals surface area contributed by atoms with E-state index in [-0.39, 0.29) is 5.95 Å². The molecule has 0 spiro atoms. The average molecular weight is 339 g/mol. The standard InChI is InChI=1S/C18H15ClN4O/c1-11-2-4-12(5-3-11)15-10-16(13-6-8-14(19)9-7-13)22-18(21-15)23-17(20)24/h2-10H,1H3,(H3,20,21,22,23,24). The molecule has 0 saturated heterocycles. The molecular formula is C18H15ClN4O. The zero-order valence-corrected chi connectivity index (χ0v) is 13.7. The minimum Gasteiger partial charge on any atom is -0.351 e. The second-order valence-electron chi connectivity index (χ2n) is 5.32. The molecule has 120 valence electrons. The number of primary amides is 1. The van der Waals surface area contributed by atoms with Crippen molar-refractivity contribution in [2.45, 2.75) is 6.92 Å². The zero-order chi connectivity index (χ0) is 17.1. The van der Waals surface area contributed by atoms with E-state index in [1.54, 1.807) is 12.1 Å². The van der Waals surface area contributed by atoms with Crippen LogP contribution in [0.2, 0.25) is 5.02 Å². The summed E-state index contributed by atoms with van der Waals surface area (Å²) in [5.74, 6) is 0.158. The molecule has 3 N–H and O–H groups in total. The number of carbonyl (C=O) groups excluding carboxylic acids is 1. The lowest BCUT2D eigenvalue weighted by molar-refractivity contribution is 0.259. The van der Waals surface area contributed by atoms with Crippen LogP contribution in [0.3, 0.4) is 0 Å². The molecule has 1 aromatic heterocycles. The van der Waals surface area contributed by atoms with E-state index in [1.165, 1.54) is 0 Å². The van der Waals surface area contributed by atoms with Crippen molar-refractivity contribution >= 4 is 23.6 Å². The molecule has 0 saturated carbocycles. The van der Waals surface area contributed by atoms with Crippen LogP contribution in [0.5, 0.6) is 0 Å². The molecule has 3 rings (SSSR count). The fraction of sp³-hybridized carbons (Fsp3) is 0.0556. The Balaban J connectivity index is 2.11. The van der Waals surface area contributed by atoms with Gasteiger partial charge in [-0.05, 0) is 25.1 Å². The van der Waals surface area contributed by atoms with Crippen LogP contribution in [-0.2, 0) is 0 Å². The van der Waals surface area contributed by atoms with Gasteiger partial charge in [0.25, 0.3) is 0 Å². The topological polar surface area (TPSA) is 80.9 Å². The second kappa shape index (κ2) is 6.68. The van der Waals surface area contributed by atoms with E-state index in [1.807, 2.05) is 49.4 Å². The minimum atomic E-state index is -0.710. The Hall–Kier alpha value is -2.92. The van der Waals surface area contributed by atoms with Gasteiger partial charge in [-0.3, -0.25) is 5.32 Å². The van der Waals surface area contributed by atoms with Crippen LogP contribution in [0.4, 0.5) is 10.7 Å². The number of nitrogens with two attached hydrogens (primary N) is 1. The summed E-state index contributed by atoms with van der Waals surface area (Å²) >= 11 is 5.93. The Kier molecular flexibility index (Phi) is 4.44. The molecule has 0 radical (unpaired) electrons. The molecule has 3 aromatic rings. The summed E-state index contributed by atoms with van der Waals surface area (Å²) < 4.78 is 0. The average Bonchev–Trinajstić information content (AvgIpc) is 2.55. The van der Waals surface area contributed by atoms with Gasteiger partial charge in [0.05, 0.1) is 11.4 Å². The van der Waals surface area contributed by atoms with Gasteiger partial charge in [-0.1, -0.05) is 53.6 Å². The summed E-state index contributed by atoms with van der Waals surface area (Å²) in [4.78, 5) is 19.9. The number of aryl methyl sites for hydroxylation is 1. The van der Waals surface area contributed by atoms with Gasteiger partial charge in [-0.25, -0.2) is 14.8 Å². The highest BCUT2D eigenvalue weighted by atomic mass is 35.5. The first-order chi connectivity index (χ1) is 11.5. The molecular weight excluding hydrogens is 324 g/mol. The van der Waals surface area contributed by atoms with E-state index in [2.05, 4.69) is 15.3 Å². The van der Waals surface area contributed by atoms with Gasteiger partial charge in [0.15, 0.2) is 0 Å². The number of benzene rings is 2. The minimum absolute atomic E-state index is 0.158. The highest BCUT2D eigenvalue weighted by Gasteiger charge is 2.10. The van der Waals surface area contributed by atoms with E-state index in [4.69, 9.17) is 17.3 Å². The molecule has 2 aromatic carbocycles. The lowest BCUT2D eigenvalue weighted by atomic mass is 10.1. The third-order valence-electron chi connectivity index (χ3n) is 3.45. The predicted molar refractivity (Wildman–Crippen MR) is 95.9 cm³/mol. The maximum atomic E-state index is 11.2. The van der Waals surface area contributed by atoms with Crippen molar-refractivity contribution < 1.29 is 4.79 Å². The molecule has 1 heterocycles. The van der Waals surface area contributed by atoms with Crippen molar-refractivity contribution in [2.24, 2.45) is 5.73 Å². The number of nitrogens with zero attached hydrogens (tertiary/aromatic N) is 2.